The van der Waals surface area contributed by atoms with Gasteiger partial charge in [-0.05, 0) is 35.9 Å². The fraction of sp³-hybridized carbons (Fsp3) is 0.0588. The Balaban J connectivity index is 1.87. The highest BCUT2D eigenvalue weighted by Crippen LogP contribution is 2.30. The summed E-state index contributed by atoms with van der Waals surface area (Å²) < 4.78 is 10.7. The van der Waals surface area contributed by atoms with Crippen LogP contribution in [0.3, 0.4) is 0 Å². The minimum absolute atomic E-state index is 0.665. The summed E-state index contributed by atoms with van der Waals surface area (Å²) in [6, 6.07) is 13.7. The lowest BCUT2D eigenvalue weighted by Crippen LogP contribution is -1.85. The maximum atomic E-state index is 5.45. The maximum absolute atomic E-state index is 5.45. The van der Waals surface area contributed by atoms with E-state index in [1.807, 2.05) is 42.6 Å². The summed E-state index contributed by atoms with van der Waals surface area (Å²) in [4.78, 5) is 4.42. The Hall–Kier alpha value is -3.08. The van der Waals surface area contributed by atoms with Crippen LogP contribution in [0.2, 0.25) is 0 Å². The first kappa shape index (κ1) is 12.6. The molecule has 3 aromatic heterocycles. The van der Waals surface area contributed by atoms with Crippen molar-refractivity contribution in [2.45, 2.75) is 0 Å². The number of nitrogens with one attached hydrogen (secondary N) is 1. The average Bonchev–Trinajstić information content (AvgIpc) is 3.23. The first-order valence-electron chi connectivity index (χ1n) is 6.87. The highest BCUT2D eigenvalue weighted by atomic mass is 16.5. The average molecular weight is 291 g/mol. The van der Waals surface area contributed by atoms with E-state index in [0.29, 0.717) is 5.65 Å². The largest absolute Gasteiger partial charge is 0.497 e. The number of methoxy groups -OCH3 is 1. The number of hydrogen-bond donors (Lipinski definition) is 1. The normalized spacial score (nSPS) is 11.0. The van der Waals surface area contributed by atoms with E-state index in [2.05, 4.69) is 21.2 Å². The van der Waals surface area contributed by atoms with Crippen LogP contribution in [0.5, 0.6) is 5.75 Å². The van der Waals surface area contributed by atoms with Crippen molar-refractivity contribution in [2.24, 2.45) is 0 Å². The number of aromatic nitrogens is 3. The van der Waals surface area contributed by atoms with Crippen LogP contribution >= 0.6 is 0 Å². The SMILES string of the molecule is COc1cccc(-c2cnc3n[nH]c(-c4ccco4)c3c2)c1. The highest BCUT2D eigenvalue weighted by molar-refractivity contribution is 5.92. The van der Waals surface area contributed by atoms with Crippen LogP contribution in [0.15, 0.2) is 59.3 Å². The topological polar surface area (TPSA) is 63.9 Å². The minimum atomic E-state index is 0.665. The van der Waals surface area contributed by atoms with Crippen LogP contribution in [0, 0.1) is 0 Å². The monoisotopic (exact) mass is 291 g/mol. The van der Waals surface area contributed by atoms with Crippen LogP contribution in [-0.4, -0.2) is 22.3 Å². The summed E-state index contributed by atoms with van der Waals surface area (Å²) in [6.45, 7) is 0. The van der Waals surface area contributed by atoms with Gasteiger partial charge < -0.3 is 9.15 Å². The van der Waals surface area contributed by atoms with Gasteiger partial charge in [0.1, 0.15) is 11.4 Å². The molecule has 0 bridgehead atoms. The standard InChI is InChI=1S/C17H13N3O2/c1-21-13-5-2-4-11(8-13)12-9-14-16(15-6-3-7-22-15)19-20-17(14)18-10-12/h2-10H,1H3,(H,18,19,20). The Morgan fingerprint density at radius 2 is 2.05 bits per heavy atom. The molecule has 5 heteroatoms. The predicted molar refractivity (Wildman–Crippen MR) is 83.6 cm³/mol. The lowest BCUT2D eigenvalue weighted by Gasteiger charge is -2.04. The van der Waals surface area contributed by atoms with Crippen molar-refractivity contribution >= 4 is 11.0 Å². The van der Waals surface area contributed by atoms with Crippen molar-refractivity contribution < 1.29 is 9.15 Å². The number of furan rings is 1. The van der Waals surface area contributed by atoms with Gasteiger partial charge in [-0.1, -0.05) is 12.1 Å². The zero-order valence-electron chi connectivity index (χ0n) is 11.9. The number of nitrogens with zero attached hydrogens (tertiary/aromatic N) is 2. The third kappa shape index (κ3) is 2.03. The van der Waals surface area contributed by atoms with Crippen LogP contribution in [-0.2, 0) is 0 Å². The number of pyridine rings is 1. The second-order valence-electron chi connectivity index (χ2n) is 4.90. The smallest absolute Gasteiger partial charge is 0.181 e. The van der Waals surface area contributed by atoms with Crippen LogP contribution in [0.25, 0.3) is 33.6 Å². The molecule has 0 aliphatic rings. The molecule has 22 heavy (non-hydrogen) atoms. The molecule has 0 spiro atoms. The van der Waals surface area contributed by atoms with Gasteiger partial charge in [0.2, 0.25) is 0 Å². The van der Waals surface area contributed by atoms with Gasteiger partial charge in [0.05, 0.1) is 18.8 Å². The molecule has 0 atom stereocenters. The van der Waals surface area contributed by atoms with Gasteiger partial charge in [-0.15, -0.1) is 0 Å². The number of fused-ring (bicyclic) bond motifs is 1. The highest BCUT2D eigenvalue weighted by Gasteiger charge is 2.12. The molecule has 1 N–H and O–H groups in total. The van der Waals surface area contributed by atoms with Gasteiger partial charge in [-0.25, -0.2) is 4.98 Å². The van der Waals surface area contributed by atoms with E-state index in [4.69, 9.17) is 9.15 Å². The Kier molecular flexibility index (Phi) is 2.89. The second-order valence-corrected chi connectivity index (χ2v) is 4.90. The summed E-state index contributed by atoms with van der Waals surface area (Å²) in [6.07, 6.45) is 3.45. The molecule has 0 aliphatic carbocycles. The van der Waals surface area contributed by atoms with Gasteiger partial charge in [0.15, 0.2) is 11.4 Å². The fourth-order valence-electron chi connectivity index (χ4n) is 2.47. The number of aromatic amines is 1. The van der Waals surface area contributed by atoms with Gasteiger partial charge in [-0.2, -0.15) is 5.10 Å². The number of benzene rings is 1. The summed E-state index contributed by atoms with van der Waals surface area (Å²) >= 11 is 0. The van der Waals surface area contributed by atoms with E-state index >= 15 is 0 Å². The first-order valence-corrected chi connectivity index (χ1v) is 6.87. The molecule has 4 aromatic rings. The molecule has 108 valence electrons. The fourth-order valence-corrected chi connectivity index (χ4v) is 2.47. The Bertz CT molecular complexity index is 926. The molecule has 0 saturated heterocycles. The summed E-state index contributed by atoms with van der Waals surface area (Å²) in [5, 5.41) is 8.13. The lowest BCUT2D eigenvalue weighted by molar-refractivity contribution is 0.415. The molecule has 1 aromatic carbocycles. The molecule has 0 aliphatic heterocycles. The molecule has 0 amide bonds. The van der Waals surface area contributed by atoms with Gasteiger partial charge in [-0.3, -0.25) is 5.10 Å². The zero-order valence-corrected chi connectivity index (χ0v) is 11.9. The Labute approximate surface area is 126 Å². The third-order valence-electron chi connectivity index (χ3n) is 3.58. The first-order chi connectivity index (χ1) is 10.8. The number of ether oxygens (including phenoxy) is 1. The third-order valence-corrected chi connectivity index (χ3v) is 3.58. The van der Waals surface area contributed by atoms with E-state index < -0.39 is 0 Å². The molecule has 4 rings (SSSR count). The van der Waals surface area contributed by atoms with Gasteiger partial charge >= 0.3 is 0 Å². The van der Waals surface area contributed by atoms with Gasteiger partial charge in [0.25, 0.3) is 0 Å². The predicted octanol–water partition coefficient (Wildman–Crippen LogP) is 3.89. The minimum Gasteiger partial charge on any atom is -0.497 e. The van der Waals surface area contributed by atoms with Crippen LogP contribution in [0.1, 0.15) is 0 Å². The van der Waals surface area contributed by atoms with Crippen molar-refractivity contribution in [3.8, 4) is 28.3 Å². The summed E-state index contributed by atoms with van der Waals surface area (Å²) in [7, 11) is 1.66. The Morgan fingerprint density at radius 3 is 2.86 bits per heavy atom. The van der Waals surface area contributed by atoms with E-state index in [1.54, 1.807) is 13.4 Å². The van der Waals surface area contributed by atoms with E-state index in [9.17, 15) is 0 Å². The molecular weight excluding hydrogens is 278 g/mol. The van der Waals surface area contributed by atoms with Crippen molar-refractivity contribution in [1.29, 1.82) is 0 Å². The molecule has 0 unspecified atom stereocenters. The van der Waals surface area contributed by atoms with Crippen molar-refractivity contribution in [3.63, 3.8) is 0 Å². The van der Waals surface area contributed by atoms with Crippen LogP contribution in [0.4, 0.5) is 0 Å². The van der Waals surface area contributed by atoms with Gasteiger partial charge in [0, 0.05) is 11.8 Å². The number of hydrogen-bond acceptors (Lipinski definition) is 4. The quantitative estimate of drug-likeness (QED) is 0.622. The second kappa shape index (κ2) is 5.04. The van der Waals surface area contributed by atoms with E-state index in [1.165, 1.54) is 0 Å². The van der Waals surface area contributed by atoms with Crippen molar-refractivity contribution in [1.82, 2.24) is 15.2 Å². The van der Waals surface area contributed by atoms with Crippen molar-refractivity contribution in [3.05, 3.63) is 54.9 Å². The van der Waals surface area contributed by atoms with Crippen molar-refractivity contribution in [2.75, 3.05) is 7.11 Å². The summed E-state index contributed by atoms with van der Waals surface area (Å²) in [5.41, 5.74) is 3.54. The number of H-pyrrole nitrogens is 1. The van der Waals surface area contributed by atoms with E-state index in [-0.39, 0.29) is 0 Å². The molecule has 5 nitrogen and oxygen atoms in total. The molecule has 0 saturated carbocycles. The lowest BCUT2D eigenvalue weighted by atomic mass is 10.1. The molecule has 0 fully saturated rings. The Morgan fingerprint density at radius 1 is 1.09 bits per heavy atom. The summed E-state index contributed by atoms with van der Waals surface area (Å²) in [5.74, 6) is 1.56. The molecule has 0 radical (unpaired) electrons. The molecular formula is C17H13N3O2. The maximum Gasteiger partial charge on any atom is 0.181 e. The van der Waals surface area contributed by atoms with E-state index in [0.717, 1.165) is 33.7 Å². The molecule has 3 heterocycles. The zero-order chi connectivity index (χ0) is 14.9. The van der Waals surface area contributed by atoms with Crippen LogP contribution < -0.4 is 4.74 Å². The number of rotatable bonds is 3.